The third-order valence-corrected chi connectivity index (χ3v) is 2.62. The van der Waals surface area contributed by atoms with Gasteiger partial charge in [0.05, 0.1) is 19.2 Å². The van der Waals surface area contributed by atoms with Gasteiger partial charge in [-0.1, -0.05) is 6.92 Å². The molecule has 0 saturated carbocycles. The Morgan fingerprint density at radius 1 is 1.44 bits per heavy atom. The Bertz CT molecular complexity index is 343. The molecule has 5 heteroatoms. The summed E-state index contributed by atoms with van der Waals surface area (Å²) in [4.78, 5) is 15.7. The third kappa shape index (κ3) is 5.25. The largest absolute Gasteiger partial charge is 0.383 e. The minimum atomic E-state index is -0.00485. The highest BCUT2D eigenvalue weighted by Gasteiger charge is 2.11. The number of nitrogens with one attached hydrogen (secondary N) is 2. The molecule has 0 fully saturated rings. The van der Waals surface area contributed by atoms with Gasteiger partial charge in [0.25, 0.3) is 0 Å². The van der Waals surface area contributed by atoms with Gasteiger partial charge in [-0.2, -0.15) is 0 Å². The maximum atomic E-state index is 11.7. The Kier molecular flexibility index (Phi) is 6.98. The molecule has 0 spiro atoms. The lowest BCUT2D eigenvalue weighted by atomic mass is 10.1. The molecule has 0 aromatic carbocycles. The van der Waals surface area contributed by atoms with E-state index in [-0.39, 0.29) is 11.9 Å². The molecule has 2 N–H and O–H groups in total. The summed E-state index contributed by atoms with van der Waals surface area (Å²) < 4.78 is 4.89. The highest BCUT2D eigenvalue weighted by Crippen LogP contribution is 2.14. The molecule has 1 atom stereocenters. The van der Waals surface area contributed by atoms with E-state index in [4.69, 9.17) is 4.74 Å². The second-order valence-corrected chi connectivity index (χ2v) is 3.98. The molecule has 1 aromatic heterocycles. The molecule has 1 unspecified atom stereocenters. The van der Waals surface area contributed by atoms with E-state index in [2.05, 4.69) is 15.6 Å². The van der Waals surface area contributed by atoms with Crippen molar-refractivity contribution in [3.05, 3.63) is 30.1 Å². The molecule has 100 valence electrons. The van der Waals surface area contributed by atoms with Crippen molar-refractivity contribution >= 4 is 5.91 Å². The topological polar surface area (TPSA) is 63.2 Å². The highest BCUT2D eigenvalue weighted by atomic mass is 16.5. The van der Waals surface area contributed by atoms with Crippen LogP contribution in [0, 0.1) is 0 Å². The molecule has 0 saturated heterocycles. The molecule has 5 nitrogen and oxygen atoms in total. The molecule has 18 heavy (non-hydrogen) atoms. The van der Waals surface area contributed by atoms with Crippen molar-refractivity contribution in [2.75, 3.05) is 26.8 Å². The van der Waals surface area contributed by atoms with E-state index in [1.54, 1.807) is 19.5 Å². The van der Waals surface area contributed by atoms with E-state index in [0.717, 1.165) is 12.0 Å². The van der Waals surface area contributed by atoms with Crippen LogP contribution in [0.5, 0.6) is 0 Å². The van der Waals surface area contributed by atoms with E-state index >= 15 is 0 Å². The molecular formula is C13H21N3O2. The number of methoxy groups -OCH3 is 1. The molecule has 0 radical (unpaired) electrons. The summed E-state index contributed by atoms with van der Waals surface area (Å²) >= 11 is 0. The van der Waals surface area contributed by atoms with Crippen LogP contribution in [-0.2, 0) is 9.53 Å². The summed E-state index contributed by atoms with van der Waals surface area (Å²) in [7, 11) is 1.64. The quantitative estimate of drug-likeness (QED) is 0.673. The highest BCUT2D eigenvalue weighted by molar-refractivity contribution is 5.78. The van der Waals surface area contributed by atoms with E-state index in [1.807, 2.05) is 19.1 Å². The fourth-order valence-electron chi connectivity index (χ4n) is 1.64. The number of rotatable bonds is 8. The molecule has 0 aliphatic carbocycles. The second-order valence-electron chi connectivity index (χ2n) is 3.98. The zero-order valence-corrected chi connectivity index (χ0v) is 11.0. The van der Waals surface area contributed by atoms with Crippen molar-refractivity contribution < 1.29 is 9.53 Å². The van der Waals surface area contributed by atoms with Gasteiger partial charge in [0.15, 0.2) is 0 Å². The first-order valence-electron chi connectivity index (χ1n) is 6.16. The van der Waals surface area contributed by atoms with Gasteiger partial charge in [-0.05, 0) is 24.1 Å². The Balaban J connectivity index is 2.37. The Morgan fingerprint density at radius 2 is 2.17 bits per heavy atom. The van der Waals surface area contributed by atoms with Crippen LogP contribution in [0.4, 0.5) is 0 Å². The van der Waals surface area contributed by atoms with Crippen LogP contribution in [0.3, 0.4) is 0 Å². The second kappa shape index (κ2) is 8.60. The lowest BCUT2D eigenvalue weighted by Gasteiger charge is -2.17. The van der Waals surface area contributed by atoms with Crippen molar-refractivity contribution in [2.45, 2.75) is 19.4 Å². The minimum Gasteiger partial charge on any atom is -0.383 e. The molecular weight excluding hydrogens is 230 g/mol. The Morgan fingerprint density at radius 3 is 2.78 bits per heavy atom. The van der Waals surface area contributed by atoms with Crippen LogP contribution in [0.15, 0.2) is 24.5 Å². The number of hydrogen-bond acceptors (Lipinski definition) is 4. The van der Waals surface area contributed by atoms with Gasteiger partial charge in [-0.3, -0.25) is 9.78 Å². The summed E-state index contributed by atoms with van der Waals surface area (Å²) in [5.74, 6) is -0.00485. The van der Waals surface area contributed by atoms with Gasteiger partial charge < -0.3 is 15.4 Å². The minimum absolute atomic E-state index is 0.00485. The molecule has 1 heterocycles. The summed E-state index contributed by atoms with van der Waals surface area (Å²) in [5, 5.41) is 6.01. The number of aromatic nitrogens is 1. The summed E-state index contributed by atoms with van der Waals surface area (Å²) in [6.07, 6.45) is 4.33. The first-order valence-corrected chi connectivity index (χ1v) is 6.16. The van der Waals surface area contributed by atoms with E-state index in [9.17, 15) is 4.79 Å². The average Bonchev–Trinajstić information content (AvgIpc) is 2.42. The van der Waals surface area contributed by atoms with Gasteiger partial charge in [-0.25, -0.2) is 0 Å². The fraction of sp³-hybridized carbons (Fsp3) is 0.538. The van der Waals surface area contributed by atoms with Crippen molar-refractivity contribution in [1.82, 2.24) is 15.6 Å². The fourth-order valence-corrected chi connectivity index (χ4v) is 1.64. The number of hydrogen-bond donors (Lipinski definition) is 2. The van der Waals surface area contributed by atoms with Gasteiger partial charge in [-0.15, -0.1) is 0 Å². The normalized spacial score (nSPS) is 12.1. The Hall–Kier alpha value is -1.46. The molecule has 0 bridgehead atoms. The van der Waals surface area contributed by atoms with Crippen LogP contribution < -0.4 is 10.6 Å². The number of pyridine rings is 1. The van der Waals surface area contributed by atoms with Crippen LogP contribution >= 0.6 is 0 Å². The van der Waals surface area contributed by atoms with Crippen LogP contribution in [0.25, 0.3) is 0 Å². The summed E-state index contributed by atoms with van der Waals surface area (Å²) in [5.41, 5.74) is 1.08. The number of ether oxygens (including phenoxy) is 1. The van der Waals surface area contributed by atoms with Crippen molar-refractivity contribution in [3.8, 4) is 0 Å². The van der Waals surface area contributed by atoms with Crippen molar-refractivity contribution in [3.63, 3.8) is 0 Å². The summed E-state index contributed by atoms with van der Waals surface area (Å²) in [6.45, 7) is 3.64. The first-order chi connectivity index (χ1) is 8.77. The third-order valence-electron chi connectivity index (χ3n) is 2.62. The number of amides is 1. The van der Waals surface area contributed by atoms with Crippen LogP contribution in [-0.4, -0.2) is 37.7 Å². The SMILES string of the molecule is CCC(NC(=O)CNCCOC)c1ccncc1. The predicted molar refractivity (Wildman–Crippen MR) is 70.2 cm³/mol. The van der Waals surface area contributed by atoms with E-state index in [0.29, 0.717) is 19.7 Å². The molecule has 1 aromatic rings. The lowest BCUT2D eigenvalue weighted by molar-refractivity contribution is -0.121. The van der Waals surface area contributed by atoms with Gasteiger partial charge in [0.1, 0.15) is 0 Å². The van der Waals surface area contributed by atoms with Crippen molar-refractivity contribution in [2.24, 2.45) is 0 Å². The average molecular weight is 251 g/mol. The van der Waals surface area contributed by atoms with Gasteiger partial charge in [0.2, 0.25) is 5.91 Å². The predicted octanol–water partition coefficient (Wildman–Crippen LogP) is 0.885. The van der Waals surface area contributed by atoms with Crippen molar-refractivity contribution in [1.29, 1.82) is 0 Å². The molecule has 0 aliphatic heterocycles. The van der Waals surface area contributed by atoms with Crippen LogP contribution in [0.1, 0.15) is 24.9 Å². The van der Waals surface area contributed by atoms with E-state index < -0.39 is 0 Å². The number of carbonyl (C=O) groups is 1. The maximum absolute atomic E-state index is 11.7. The monoisotopic (exact) mass is 251 g/mol. The zero-order chi connectivity index (χ0) is 13.2. The van der Waals surface area contributed by atoms with Crippen LogP contribution in [0.2, 0.25) is 0 Å². The zero-order valence-electron chi connectivity index (χ0n) is 11.0. The Labute approximate surface area is 108 Å². The summed E-state index contributed by atoms with van der Waals surface area (Å²) in [6, 6.07) is 3.89. The van der Waals surface area contributed by atoms with E-state index in [1.165, 1.54) is 0 Å². The van der Waals surface area contributed by atoms with Gasteiger partial charge >= 0.3 is 0 Å². The molecule has 0 aliphatic rings. The first kappa shape index (κ1) is 14.6. The number of nitrogens with zero attached hydrogens (tertiary/aromatic N) is 1. The maximum Gasteiger partial charge on any atom is 0.234 e. The molecule has 1 rings (SSSR count). The molecule has 1 amide bonds. The lowest BCUT2D eigenvalue weighted by Crippen LogP contribution is -2.37. The number of carbonyl (C=O) groups excluding carboxylic acids is 1. The smallest absolute Gasteiger partial charge is 0.234 e. The van der Waals surface area contributed by atoms with Gasteiger partial charge in [0, 0.05) is 26.0 Å². The standard InChI is InChI=1S/C13H21N3O2/c1-3-12(11-4-6-14-7-5-11)16-13(17)10-15-8-9-18-2/h4-7,12,15H,3,8-10H2,1-2H3,(H,16,17).